The molecule has 0 spiro atoms. The van der Waals surface area contributed by atoms with Crippen LogP contribution >= 0.6 is 11.3 Å². The molecule has 0 aromatic carbocycles. The highest BCUT2D eigenvalue weighted by Crippen LogP contribution is 2.10. The van der Waals surface area contributed by atoms with E-state index in [1.807, 2.05) is 0 Å². The number of aliphatic hydroxyl groups excluding tert-OH is 1. The van der Waals surface area contributed by atoms with Crippen molar-refractivity contribution in [3.63, 3.8) is 0 Å². The Morgan fingerprint density at radius 3 is 2.67 bits per heavy atom. The van der Waals surface area contributed by atoms with Crippen molar-refractivity contribution in [2.24, 2.45) is 0 Å². The Balaban J connectivity index is 2.66. The molecule has 1 unspecified atom stereocenters. The van der Waals surface area contributed by atoms with Crippen LogP contribution in [0.3, 0.4) is 0 Å². The standard InChI is InChI=1S/C6H8O4S2/c7-6(12(8,9)10)3-5-1-2-11-4-5/h1-2,4,6-7H,3H2,(H,8,9,10). The van der Waals surface area contributed by atoms with Crippen LogP contribution in [-0.4, -0.2) is 23.5 Å². The molecule has 0 aliphatic rings. The first-order valence-electron chi connectivity index (χ1n) is 3.15. The van der Waals surface area contributed by atoms with E-state index in [9.17, 15) is 8.42 Å². The second kappa shape index (κ2) is 3.53. The second-order valence-corrected chi connectivity index (χ2v) is 4.66. The fourth-order valence-corrected chi connectivity index (χ4v) is 1.80. The van der Waals surface area contributed by atoms with Crippen LogP contribution < -0.4 is 0 Å². The lowest BCUT2D eigenvalue weighted by Crippen LogP contribution is -2.21. The molecular formula is C6H8O4S2. The lowest BCUT2D eigenvalue weighted by molar-refractivity contribution is 0.234. The molecule has 1 heterocycles. The van der Waals surface area contributed by atoms with Gasteiger partial charge >= 0.3 is 0 Å². The number of rotatable bonds is 3. The third-order valence-electron chi connectivity index (χ3n) is 1.33. The molecule has 0 aliphatic carbocycles. The van der Waals surface area contributed by atoms with Gasteiger partial charge < -0.3 is 5.11 Å². The van der Waals surface area contributed by atoms with Crippen LogP contribution in [0, 0.1) is 0 Å². The molecule has 0 saturated carbocycles. The van der Waals surface area contributed by atoms with E-state index < -0.39 is 15.6 Å². The zero-order valence-electron chi connectivity index (χ0n) is 6.04. The third-order valence-corrected chi connectivity index (χ3v) is 2.92. The molecule has 2 N–H and O–H groups in total. The van der Waals surface area contributed by atoms with Crippen molar-refractivity contribution in [2.45, 2.75) is 11.9 Å². The minimum absolute atomic E-state index is 0.0671. The highest BCUT2D eigenvalue weighted by atomic mass is 32.2. The van der Waals surface area contributed by atoms with E-state index in [0.717, 1.165) is 0 Å². The van der Waals surface area contributed by atoms with Crippen molar-refractivity contribution in [3.05, 3.63) is 22.4 Å². The van der Waals surface area contributed by atoms with Crippen LogP contribution in [0.25, 0.3) is 0 Å². The van der Waals surface area contributed by atoms with Gasteiger partial charge in [-0.15, -0.1) is 0 Å². The van der Waals surface area contributed by atoms with Crippen molar-refractivity contribution in [3.8, 4) is 0 Å². The largest absolute Gasteiger partial charge is 0.375 e. The van der Waals surface area contributed by atoms with Crippen LogP contribution in [0.4, 0.5) is 0 Å². The van der Waals surface area contributed by atoms with Gasteiger partial charge in [0.2, 0.25) is 0 Å². The van der Waals surface area contributed by atoms with Gasteiger partial charge in [0, 0.05) is 6.42 Å². The molecular weight excluding hydrogens is 200 g/mol. The smallest absolute Gasteiger partial charge is 0.292 e. The monoisotopic (exact) mass is 208 g/mol. The molecule has 0 saturated heterocycles. The van der Waals surface area contributed by atoms with Crippen molar-refractivity contribution in [2.75, 3.05) is 0 Å². The van der Waals surface area contributed by atoms with E-state index in [4.69, 9.17) is 9.66 Å². The normalized spacial score (nSPS) is 14.5. The zero-order valence-corrected chi connectivity index (χ0v) is 7.68. The van der Waals surface area contributed by atoms with E-state index in [1.165, 1.54) is 11.3 Å². The summed E-state index contributed by atoms with van der Waals surface area (Å²) in [7, 11) is -4.32. The topological polar surface area (TPSA) is 74.6 Å². The SMILES string of the molecule is O=S(=O)(O)C(O)Cc1ccsc1. The molecule has 6 heteroatoms. The molecule has 0 radical (unpaired) electrons. The average Bonchev–Trinajstić information content (AvgIpc) is 2.37. The summed E-state index contributed by atoms with van der Waals surface area (Å²) in [6.45, 7) is 0. The highest BCUT2D eigenvalue weighted by Gasteiger charge is 2.19. The summed E-state index contributed by atoms with van der Waals surface area (Å²) in [5.41, 5.74) is -1.02. The highest BCUT2D eigenvalue weighted by molar-refractivity contribution is 7.86. The number of aliphatic hydroxyl groups is 1. The van der Waals surface area contributed by atoms with Gasteiger partial charge in [-0.05, 0) is 22.4 Å². The van der Waals surface area contributed by atoms with E-state index >= 15 is 0 Å². The molecule has 1 atom stereocenters. The maximum absolute atomic E-state index is 10.4. The minimum Gasteiger partial charge on any atom is -0.375 e. The van der Waals surface area contributed by atoms with Gasteiger partial charge in [-0.2, -0.15) is 19.8 Å². The Hall–Kier alpha value is -0.430. The molecule has 1 aromatic rings. The molecule has 12 heavy (non-hydrogen) atoms. The fraction of sp³-hybridized carbons (Fsp3) is 0.333. The molecule has 68 valence electrons. The van der Waals surface area contributed by atoms with Gasteiger partial charge in [0.25, 0.3) is 10.1 Å². The van der Waals surface area contributed by atoms with Gasteiger partial charge in [-0.1, -0.05) is 0 Å². The van der Waals surface area contributed by atoms with E-state index in [0.29, 0.717) is 5.56 Å². The average molecular weight is 208 g/mol. The van der Waals surface area contributed by atoms with Gasteiger partial charge in [0.05, 0.1) is 0 Å². The molecule has 0 aliphatic heterocycles. The minimum atomic E-state index is -4.32. The maximum Gasteiger partial charge on any atom is 0.292 e. The Kier molecular flexibility index (Phi) is 2.84. The van der Waals surface area contributed by atoms with E-state index in [1.54, 1.807) is 16.8 Å². The van der Waals surface area contributed by atoms with Crippen LogP contribution in [0.1, 0.15) is 5.56 Å². The summed E-state index contributed by atoms with van der Waals surface area (Å²) in [5.74, 6) is 0. The number of hydrogen-bond acceptors (Lipinski definition) is 4. The van der Waals surface area contributed by atoms with Crippen molar-refractivity contribution in [1.29, 1.82) is 0 Å². The third kappa shape index (κ3) is 2.56. The molecule has 0 amide bonds. The number of hydrogen-bond donors (Lipinski definition) is 2. The predicted molar refractivity (Wildman–Crippen MR) is 45.6 cm³/mol. The lowest BCUT2D eigenvalue weighted by Gasteiger charge is -2.04. The summed E-state index contributed by atoms with van der Waals surface area (Å²) in [4.78, 5) is 0. The Labute approximate surface area is 74.2 Å². The van der Waals surface area contributed by atoms with Crippen LogP contribution in [0.2, 0.25) is 0 Å². The zero-order chi connectivity index (χ0) is 9.19. The quantitative estimate of drug-likeness (QED) is 0.709. The first-order chi connectivity index (χ1) is 5.50. The first-order valence-corrected chi connectivity index (χ1v) is 5.60. The summed E-state index contributed by atoms with van der Waals surface area (Å²) >= 11 is 1.40. The second-order valence-electron chi connectivity index (χ2n) is 2.31. The first kappa shape index (κ1) is 9.66. The molecule has 4 nitrogen and oxygen atoms in total. The Morgan fingerprint density at radius 1 is 1.58 bits per heavy atom. The molecule has 1 rings (SSSR count). The van der Waals surface area contributed by atoms with Gasteiger partial charge in [0.15, 0.2) is 5.44 Å². The molecule has 0 fully saturated rings. The van der Waals surface area contributed by atoms with Crippen molar-refractivity contribution < 1.29 is 18.1 Å². The summed E-state index contributed by atoms with van der Waals surface area (Å²) in [6.07, 6.45) is -0.0671. The van der Waals surface area contributed by atoms with Gasteiger partial charge in [-0.25, -0.2) is 0 Å². The Morgan fingerprint density at radius 2 is 2.25 bits per heavy atom. The summed E-state index contributed by atoms with van der Waals surface area (Å²) in [6, 6.07) is 1.69. The van der Waals surface area contributed by atoms with E-state index in [-0.39, 0.29) is 6.42 Å². The van der Waals surface area contributed by atoms with Gasteiger partial charge in [0.1, 0.15) is 0 Å². The van der Waals surface area contributed by atoms with E-state index in [2.05, 4.69) is 0 Å². The lowest BCUT2D eigenvalue weighted by atomic mass is 10.3. The number of thiophene rings is 1. The molecule has 1 aromatic heterocycles. The van der Waals surface area contributed by atoms with Crippen LogP contribution in [0.15, 0.2) is 16.8 Å². The molecule has 0 bridgehead atoms. The van der Waals surface area contributed by atoms with Crippen molar-refractivity contribution >= 4 is 21.5 Å². The summed E-state index contributed by atoms with van der Waals surface area (Å²) in [5, 5.41) is 12.4. The van der Waals surface area contributed by atoms with Crippen molar-refractivity contribution in [1.82, 2.24) is 0 Å². The van der Waals surface area contributed by atoms with Crippen LogP contribution in [0.5, 0.6) is 0 Å². The van der Waals surface area contributed by atoms with Crippen LogP contribution in [-0.2, 0) is 16.5 Å². The maximum atomic E-state index is 10.4. The fourth-order valence-electron chi connectivity index (χ4n) is 0.716. The Bertz CT molecular complexity index is 326. The van der Waals surface area contributed by atoms with Gasteiger partial charge in [-0.3, -0.25) is 4.55 Å². The summed E-state index contributed by atoms with van der Waals surface area (Å²) < 4.78 is 29.1. The predicted octanol–water partition coefficient (Wildman–Crippen LogP) is 0.497.